The van der Waals surface area contributed by atoms with Crippen molar-refractivity contribution < 1.29 is 19.1 Å². The molecule has 1 aromatic heterocycles. The first kappa shape index (κ1) is 21.8. The second kappa shape index (κ2) is 9.78. The summed E-state index contributed by atoms with van der Waals surface area (Å²) in [6.07, 6.45) is 2.17. The molecular weight excluding hydrogens is 476 g/mol. The molecule has 0 aliphatic heterocycles. The highest BCUT2D eigenvalue weighted by molar-refractivity contribution is 9.10. The molecule has 32 heavy (non-hydrogen) atoms. The van der Waals surface area contributed by atoms with E-state index in [1.54, 1.807) is 28.9 Å². The zero-order valence-corrected chi connectivity index (χ0v) is 18.7. The number of hydrogen-bond donors (Lipinski definition) is 2. The monoisotopic (exact) mass is 496 g/mol. The Hall–Kier alpha value is -3.46. The SMILES string of the molecule is O=C(COC(=O)CNC(=O)c1cccc(Br)c1)Nc1cc(C2CC2)nn1-c1ccccc1. The molecule has 1 aliphatic rings. The van der Waals surface area contributed by atoms with Crippen LogP contribution < -0.4 is 10.6 Å². The smallest absolute Gasteiger partial charge is 0.325 e. The summed E-state index contributed by atoms with van der Waals surface area (Å²) in [6, 6.07) is 18.1. The lowest BCUT2D eigenvalue weighted by molar-refractivity contribution is -0.146. The molecule has 9 heteroatoms. The Bertz CT molecular complexity index is 1140. The third-order valence-electron chi connectivity index (χ3n) is 4.84. The Morgan fingerprint density at radius 2 is 1.84 bits per heavy atom. The number of hydrogen-bond acceptors (Lipinski definition) is 5. The number of nitrogens with one attached hydrogen (secondary N) is 2. The van der Waals surface area contributed by atoms with Gasteiger partial charge in [-0.1, -0.05) is 40.2 Å². The van der Waals surface area contributed by atoms with Gasteiger partial charge in [0.1, 0.15) is 12.4 Å². The van der Waals surface area contributed by atoms with Gasteiger partial charge < -0.3 is 15.4 Å². The molecule has 164 valence electrons. The molecule has 0 spiro atoms. The maximum Gasteiger partial charge on any atom is 0.325 e. The predicted molar refractivity (Wildman–Crippen MR) is 122 cm³/mol. The average molecular weight is 497 g/mol. The number of aromatic nitrogens is 2. The van der Waals surface area contributed by atoms with Crippen LogP contribution in [0, 0.1) is 0 Å². The van der Waals surface area contributed by atoms with Crippen LogP contribution in [0.1, 0.15) is 34.8 Å². The lowest BCUT2D eigenvalue weighted by Crippen LogP contribution is -2.32. The number of rotatable bonds is 8. The number of amides is 2. The Morgan fingerprint density at radius 1 is 1.06 bits per heavy atom. The standard InChI is InChI=1S/C23H21BrN4O4/c24-17-6-4-5-16(11-17)23(31)25-13-22(30)32-14-21(29)26-20-12-19(15-9-10-15)27-28(20)18-7-2-1-3-8-18/h1-8,11-12,15H,9-10,13-14H2,(H,25,31)(H,26,29). The van der Waals surface area contributed by atoms with Crippen molar-refractivity contribution in [1.82, 2.24) is 15.1 Å². The van der Waals surface area contributed by atoms with Crippen molar-refractivity contribution in [3.63, 3.8) is 0 Å². The van der Waals surface area contributed by atoms with Crippen LogP contribution in [0.5, 0.6) is 0 Å². The van der Waals surface area contributed by atoms with E-state index in [4.69, 9.17) is 4.74 Å². The van der Waals surface area contributed by atoms with E-state index in [1.807, 2.05) is 36.4 Å². The number of carbonyl (C=O) groups excluding carboxylic acids is 3. The Balaban J connectivity index is 1.30. The minimum Gasteiger partial charge on any atom is -0.454 e. The van der Waals surface area contributed by atoms with Crippen molar-refractivity contribution in [1.29, 1.82) is 0 Å². The number of nitrogens with zero attached hydrogens (tertiary/aromatic N) is 2. The molecule has 2 amide bonds. The number of ether oxygens (including phenoxy) is 1. The topological polar surface area (TPSA) is 102 Å². The van der Waals surface area contributed by atoms with Crippen LogP contribution in [0.4, 0.5) is 5.82 Å². The van der Waals surface area contributed by atoms with Gasteiger partial charge in [-0.2, -0.15) is 5.10 Å². The number of benzene rings is 2. The van der Waals surface area contributed by atoms with E-state index in [-0.39, 0.29) is 6.54 Å². The van der Waals surface area contributed by atoms with E-state index < -0.39 is 24.4 Å². The first-order valence-electron chi connectivity index (χ1n) is 10.1. The number of halogens is 1. The summed E-state index contributed by atoms with van der Waals surface area (Å²) in [5.41, 5.74) is 2.16. The first-order valence-corrected chi connectivity index (χ1v) is 10.9. The van der Waals surface area contributed by atoms with Gasteiger partial charge in [0.2, 0.25) is 0 Å². The summed E-state index contributed by atoms with van der Waals surface area (Å²) in [6.45, 7) is -0.809. The summed E-state index contributed by atoms with van der Waals surface area (Å²) >= 11 is 3.29. The summed E-state index contributed by atoms with van der Waals surface area (Å²) in [4.78, 5) is 36.4. The van der Waals surface area contributed by atoms with Crippen LogP contribution in [0.2, 0.25) is 0 Å². The maximum absolute atomic E-state index is 12.4. The van der Waals surface area contributed by atoms with Crippen LogP contribution in [-0.2, 0) is 14.3 Å². The minimum atomic E-state index is -0.710. The molecule has 2 aromatic carbocycles. The number of carbonyl (C=O) groups is 3. The molecule has 0 bridgehead atoms. The van der Waals surface area contributed by atoms with E-state index in [0.717, 1.165) is 28.7 Å². The van der Waals surface area contributed by atoms with Gasteiger partial charge in [0.15, 0.2) is 6.61 Å². The van der Waals surface area contributed by atoms with Crippen molar-refractivity contribution in [2.75, 3.05) is 18.5 Å². The van der Waals surface area contributed by atoms with E-state index in [1.165, 1.54) is 0 Å². The van der Waals surface area contributed by atoms with Gasteiger partial charge in [-0.25, -0.2) is 4.68 Å². The van der Waals surface area contributed by atoms with Gasteiger partial charge in [-0.3, -0.25) is 14.4 Å². The van der Waals surface area contributed by atoms with Gasteiger partial charge >= 0.3 is 5.97 Å². The van der Waals surface area contributed by atoms with Crippen molar-refractivity contribution in [2.45, 2.75) is 18.8 Å². The Labute approximate surface area is 193 Å². The third kappa shape index (κ3) is 5.61. The summed E-state index contributed by atoms with van der Waals surface area (Å²) in [5.74, 6) is -0.675. The zero-order chi connectivity index (χ0) is 22.5. The van der Waals surface area contributed by atoms with Crippen LogP contribution in [0.15, 0.2) is 65.1 Å². The molecule has 0 saturated heterocycles. The van der Waals surface area contributed by atoms with Crippen LogP contribution in [0.3, 0.4) is 0 Å². The molecule has 1 saturated carbocycles. The third-order valence-corrected chi connectivity index (χ3v) is 5.33. The van der Waals surface area contributed by atoms with Gasteiger partial charge in [0.25, 0.3) is 11.8 Å². The number of para-hydroxylation sites is 1. The quantitative estimate of drug-likeness (QED) is 0.465. The lowest BCUT2D eigenvalue weighted by Gasteiger charge is -2.10. The molecule has 0 radical (unpaired) electrons. The van der Waals surface area contributed by atoms with Gasteiger partial charge in [-0.15, -0.1) is 0 Å². The number of esters is 1. The van der Waals surface area contributed by atoms with Gasteiger partial charge in [0, 0.05) is 22.0 Å². The molecule has 2 N–H and O–H groups in total. The highest BCUT2D eigenvalue weighted by Gasteiger charge is 2.28. The van der Waals surface area contributed by atoms with Crippen molar-refractivity contribution in [3.8, 4) is 5.69 Å². The van der Waals surface area contributed by atoms with E-state index in [0.29, 0.717) is 17.3 Å². The van der Waals surface area contributed by atoms with E-state index in [9.17, 15) is 14.4 Å². The average Bonchev–Trinajstić information content (AvgIpc) is 3.57. The van der Waals surface area contributed by atoms with E-state index in [2.05, 4.69) is 31.7 Å². The second-order valence-corrected chi connectivity index (χ2v) is 8.29. The Morgan fingerprint density at radius 3 is 2.56 bits per heavy atom. The number of anilines is 1. The predicted octanol–water partition coefficient (Wildman–Crippen LogP) is 3.42. The summed E-state index contributed by atoms with van der Waals surface area (Å²) in [7, 11) is 0. The fraction of sp³-hybridized carbons (Fsp3) is 0.217. The zero-order valence-electron chi connectivity index (χ0n) is 17.1. The summed E-state index contributed by atoms with van der Waals surface area (Å²) in [5, 5.41) is 9.85. The van der Waals surface area contributed by atoms with Gasteiger partial charge in [-0.05, 0) is 43.2 Å². The molecule has 3 aromatic rings. The molecule has 1 aliphatic carbocycles. The van der Waals surface area contributed by atoms with Crippen molar-refractivity contribution in [2.24, 2.45) is 0 Å². The van der Waals surface area contributed by atoms with Crippen LogP contribution >= 0.6 is 15.9 Å². The molecule has 0 unspecified atom stereocenters. The molecule has 8 nitrogen and oxygen atoms in total. The molecular formula is C23H21BrN4O4. The van der Waals surface area contributed by atoms with Crippen LogP contribution in [-0.4, -0.2) is 40.7 Å². The van der Waals surface area contributed by atoms with Gasteiger partial charge in [0.05, 0.1) is 11.4 Å². The fourth-order valence-electron chi connectivity index (χ4n) is 3.09. The lowest BCUT2D eigenvalue weighted by atomic mass is 10.2. The van der Waals surface area contributed by atoms with E-state index >= 15 is 0 Å². The molecule has 0 atom stereocenters. The normalized spacial score (nSPS) is 12.8. The Kier molecular flexibility index (Phi) is 6.65. The van der Waals surface area contributed by atoms with Crippen molar-refractivity contribution in [3.05, 3.63) is 76.4 Å². The first-order chi connectivity index (χ1) is 15.5. The maximum atomic E-state index is 12.4. The summed E-state index contributed by atoms with van der Waals surface area (Å²) < 4.78 is 7.42. The fourth-order valence-corrected chi connectivity index (χ4v) is 3.49. The van der Waals surface area contributed by atoms with Crippen molar-refractivity contribution >= 4 is 39.5 Å². The molecule has 4 rings (SSSR count). The largest absolute Gasteiger partial charge is 0.454 e. The second-order valence-electron chi connectivity index (χ2n) is 7.38. The molecule has 1 heterocycles. The van der Waals surface area contributed by atoms with Crippen LogP contribution in [0.25, 0.3) is 5.69 Å². The highest BCUT2D eigenvalue weighted by Crippen LogP contribution is 2.40. The molecule has 1 fully saturated rings. The minimum absolute atomic E-state index is 0.341. The highest BCUT2D eigenvalue weighted by atomic mass is 79.9.